The minimum Gasteiger partial charge on any atom is -0.296 e. The van der Waals surface area contributed by atoms with E-state index in [0.717, 1.165) is 21.7 Å². The van der Waals surface area contributed by atoms with E-state index in [1.54, 1.807) is 17.5 Å². The number of thiophene rings is 1. The number of aryl methyl sites for hydroxylation is 3. The number of pyridine rings is 1. The van der Waals surface area contributed by atoms with Gasteiger partial charge in [0.2, 0.25) is 5.13 Å². The molecule has 0 bridgehead atoms. The Balaban J connectivity index is 1.88. The predicted octanol–water partition coefficient (Wildman–Crippen LogP) is 4.77. The van der Waals surface area contributed by atoms with Gasteiger partial charge < -0.3 is 0 Å². The van der Waals surface area contributed by atoms with Crippen LogP contribution in [0.5, 0.6) is 0 Å². The molecule has 0 saturated heterocycles. The molecule has 0 aliphatic rings. The second-order valence-corrected chi connectivity index (χ2v) is 9.52. The minimum atomic E-state index is -0.238. The number of nitrogens with zero attached hydrogens (tertiary/aromatic N) is 5. The van der Waals surface area contributed by atoms with Gasteiger partial charge in [0, 0.05) is 21.4 Å². The predicted molar refractivity (Wildman–Crippen MR) is 113 cm³/mol. The molecule has 0 aliphatic carbocycles. The van der Waals surface area contributed by atoms with Crippen LogP contribution in [-0.4, -0.2) is 30.9 Å². The van der Waals surface area contributed by atoms with E-state index in [9.17, 15) is 4.79 Å². The third kappa shape index (κ3) is 3.31. The van der Waals surface area contributed by atoms with Gasteiger partial charge in [-0.15, -0.1) is 21.5 Å². The quantitative estimate of drug-likeness (QED) is 0.522. The van der Waals surface area contributed by atoms with Crippen molar-refractivity contribution in [1.82, 2.24) is 25.0 Å². The molecule has 0 aliphatic heterocycles. The van der Waals surface area contributed by atoms with Crippen LogP contribution in [0.2, 0.25) is 0 Å². The average Bonchev–Trinajstić information content (AvgIpc) is 3.32. The minimum absolute atomic E-state index is 0.132. The highest BCUT2D eigenvalue weighted by Gasteiger charge is 2.20. The first-order chi connectivity index (χ1) is 13.3. The van der Waals surface area contributed by atoms with Crippen LogP contribution in [0.4, 0.5) is 5.13 Å². The summed E-state index contributed by atoms with van der Waals surface area (Å²) in [5, 5.41) is 17.3. The number of fused-ring (bicyclic) bond motifs is 1. The number of hydrogen-bond donors (Lipinski definition) is 1. The summed E-state index contributed by atoms with van der Waals surface area (Å²) in [4.78, 5) is 20.3. The van der Waals surface area contributed by atoms with Crippen molar-refractivity contribution >= 4 is 44.7 Å². The Hall–Kier alpha value is -2.65. The number of amides is 1. The molecule has 9 heteroatoms. The molecule has 0 saturated carbocycles. The lowest BCUT2D eigenvalue weighted by Gasteiger charge is -2.10. The van der Waals surface area contributed by atoms with E-state index >= 15 is 0 Å². The molecule has 4 heterocycles. The van der Waals surface area contributed by atoms with Gasteiger partial charge in [-0.25, -0.2) is 9.67 Å². The van der Waals surface area contributed by atoms with Crippen molar-refractivity contribution in [3.05, 3.63) is 38.7 Å². The third-order valence-corrected chi connectivity index (χ3v) is 6.08. The Morgan fingerprint density at radius 1 is 1.14 bits per heavy atom. The Morgan fingerprint density at radius 3 is 2.54 bits per heavy atom. The molecule has 0 spiro atoms. The first-order valence-corrected chi connectivity index (χ1v) is 10.5. The number of rotatable bonds is 4. The number of aromatic nitrogens is 5. The number of nitrogens with one attached hydrogen (secondary N) is 1. The summed E-state index contributed by atoms with van der Waals surface area (Å²) in [5.41, 5.74) is 3.05. The van der Waals surface area contributed by atoms with E-state index in [4.69, 9.17) is 4.98 Å². The van der Waals surface area contributed by atoms with Gasteiger partial charge in [0.25, 0.3) is 5.91 Å². The van der Waals surface area contributed by atoms with Crippen LogP contribution in [0.3, 0.4) is 0 Å². The van der Waals surface area contributed by atoms with Crippen molar-refractivity contribution in [2.45, 2.75) is 40.7 Å². The van der Waals surface area contributed by atoms with Gasteiger partial charge in [-0.05, 0) is 46.8 Å². The van der Waals surface area contributed by atoms with Gasteiger partial charge in [-0.1, -0.05) is 11.3 Å². The fraction of sp³-hybridized carbons (Fsp3) is 0.316. The number of carbonyl (C=O) groups excluding carboxylic acids is 1. The summed E-state index contributed by atoms with van der Waals surface area (Å²) < 4.78 is 1.85. The van der Waals surface area contributed by atoms with E-state index in [2.05, 4.69) is 40.5 Å². The third-order valence-electron chi connectivity index (χ3n) is 4.36. The summed E-state index contributed by atoms with van der Waals surface area (Å²) in [6.45, 7) is 10.1. The van der Waals surface area contributed by atoms with Gasteiger partial charge in [-0.2, -0.15) is 5.10 Å². The van der Waals surface area contributed by atoms with Crippen molar-refractivity contribution in [2.24, 2.45) is 0 Å². The molecule has 144 valence electrons. The Bertz CT molecular complexity index is 1190. The van der Waals surface area contributed by atoms with Gasteiger partial charge in [-0.3, -0.25) is 10.1 Å². The van der Waals surface area contributed by atoms with Crippen LogP contribution >= 0.6 is 22.7 Å². The van der Waals surface area contributed by atoms with Crippen LogP contribution in [0.15, 0.2) is 18.3 Å². The molecule has 4 rings (SSSR count). The Morgan fingerprint density at radius 2 is 1.93 bits per heavy atom. The first-order valence-electron chi connectivity index (χ1n) is 8.90. The van der Waals surface area contributed by atoms with Crippen LogP contribution in [0.1, 0.15) is 45.0 Å². The topological polar surface area (TPSA) is 85.6 Å². The Kier molecular flexibility index (Phi) is 4.72. The summed E-state index contributed by atoms with van der Waals surface area (Å²) in [7, 11) is 0. The van der Waals surface area contributed by atoms with Crippen LogP contribution in [0, 0.1) is 20.8 Å². The zero-order valence-corrected chi connectivity index (χ0v) is 17.9. The lowest BCUT2D eigenvalue weighted by molar-refractivity contribution is 0.102. The van der Waals surface area contributed by atoms with E-state index in [0.29, 0.717) is 16.3 Å². The second kappa shape index (κ2) is 7.06. The number of anilines is 1. The molecule has 28 heavy (non-hydrogen) atoms. The van der Waals surface area contributed by atoms with E-state index in [1.165, 1.54) is 21.1 Å². The monoisotopic (exact) mass is 412 g/mol. The van der Waals surface area contributed by atoms with E-state index in [1.807, 2.05) is 31.5 Å². The van der Waals surface area contributed by atoms with Crippen molar-refractivity contribution in [1.29, 1.82) is 0 Å². The highest BCUT2D eigenvalue weighted by molar-refractivity contribution is 7.15. The number of hydrogen-bond acceptors (Lipinski definition) is 7. The van der Waals surface area contributed by atoms with Crippen LogP contribution in [-0.2, 0) is 0 Å². The van der Waals surface area contributed by atoms with E-state index in [-0.39, 0.29) is 11.9 Å². The highest BCUT2D eigenvalue weighted by Crippen LogP contribution is 2.32. The lowest BCUT2D eigenvalue weighted by Crippen LogP contribution is -2.13. The van der Waals surface area contributed by atoms with Gasteiger partial charge in [0.15, 0.2) is 5.65 Å². The summed E-state index contributed by atoms with van der Waals surface area (Å²) >= 11 is 3.07. The highest BCUT2D eigenvalue weighted by atomic mass is 32.1. The lowest BCUT2D eigenvalue weighted by atomic mass is 10.1. The van der Waals surface area contributed by atoms with Gasteiger partial charge >= 0.3 is 0 Å². The SMILES string of the molecule is Cc1cc(-c2cc(C(=O)Nc3nnc(C)s3)c3cnn(C(C)C)c3n2)c(C)s1. The maximum absolute atomic E-state index is 13.1. The molecule has 4 aromatic rings. The largest absolute Gasteiger partial charge is 0.296 e. The molecule has 4 aromatic heterocycles. The van der Waals surface area contributed by atoms with Crippen molar-refractivity contribution in [3.8, 4) is 11.3 Å². The molecular weight excluding hydrogens is 392 g/mol. The Labute approximate surface area is 170 Å². The maximum Gasteiger partial charge on any atom is 0.258 e. The van der Waals surface area contributed by atoms with Crippen molar-refractivity contribution in [3.63, 3.8) is 0 Å². The zero-order valence-electron chi connectivity index (χ0n) is 16.3. The molecule has 1 N–H and O–H groups in total. The van der Waals surface area contributed by atoms with E-state index < -0.39 is 0 Å². The summed E-state index contributed by atoms with van der Waals surface area (Å²) in [6, 6.07) is 4.08. The average molecular weight is 413 g/mol. The molecule has 0 unspecified atom stereocenters. The van der Waals surface area contributed by atoms with Crippen LogP contribution in [0.25, 0.3) is 22.3 Å². The van der Waals surface area contributed by atoms with Gasteiger partial charge in [0.1, 0.15) is 5.01 Å². The van der Waals surface area contributed by atoms with Crippen molar-refractivity contribution in [2.75, 3.05) is 5.32 Å². The fourth-order valence-electron chi connectivity index (χ4n) is 3.12. The standard InChI is InChI=1S/C19H20N6OS2/c1-9(2)25-17-15(8-20-25)14(18(26)22-19-24-23-12(5)28-19)7-16(21-17)13-6-10(3)27-11(13)4/h6-9H,1-5H3,(H,22,24,26). The van der Waals surface area contributed by atoms with Crippen LogP contribution < -0.4 is 5.32 Å². The molecular formula is C19H20N6OS2. The van der Waals surface area contributed by atoms with Gasteiger partial charge in [0.05, 0.1) is 22.8 Å². The van der Waals surface area contributed by atoms with Crippen molar-refractivity contribution < 1.29 is 4.79 Å². The smallest absolute Gasteiger partial charge is 0.258 e. The molecule has 0 fully saturated rings. The summed E-state index contributed by atoms with van der Waals surface area (Å²) in [6.07, 6.45) is 1.71. The molecule has 0 atom stereocenters. The second-order valence-electron chi connectivity index (χ2n) is 6.88. The molecule has 0 aromatic carbocycles. The first kappa shape index (κ1) is 18.7. The normalized spacial score (nSPS) is 11.5. The summed E-state index contributed by atoms with van der Waals surface area (Å²) in [5.74, 6) is -0.238. The molecule has 1 amide bonds. The molecule has 7 nitrogen and oxygen atoms in total. The fourth-order valence-corrected chi connectivity index (χ4v) is 4.64. The number of carbonyl (C=O) groups is 1. The molecule has 0 radical (unpaired) electrons. The maximum atomic E-state index is 13.1. The zero-order chi connectivity index (χ0) is 20.0.